The number of amides is 1. The zero-order valence-corrected chi connectivity index (χ0v) is 14.8. The number of benzene rings is 1. The molecule has 0 saturated heterocycles. The van der Waals surface area contributed by atoms with E-state index < -0.39 is 10.2 Å². The third-order valence-corrected chi connectivity index (χ3v) is 5.78. The Kier molecular flexibility index (Phi) is 6.37. The second-order valence-corrected chi connectivity index (χ2v) is 8.37. The second-order valence-electron chi connectivity index (χ2n) is 4.29. The molecule has 1 heterocycles. The topological polar surface area (TPSA) is 98.0 Å². The van der Waals surface area contributed by atoms with Crippen molar-refractivity contribution < 1.29 is 9.72 Å². The normalized spacial score (nSPS) is 11.9. The van der Waals surface area contributed by atoms with Gasteiger partial charge in [0, 0.05) is 6.07 Å². The third-order valence-electron chi connectivity index (χ3n) is 2.66. The molecule has 122 valence electrons. The van der Waals surface area contributed by atoms with E-state index in [4.69, 9.17) is 0 Å². The minimum absolute atomic E-state index is 0.129. The molecule has 1 aromatic heterocycles. The van der Waals surface area contributed by atoms with Crippen molar-refractivity contribution in [3.8, 4) is 0 Å². The first-order valence-corrected chi connectivity index (χ1v) is 9.36. The predicted molar refractivity (Wildman–Crippen MR) is 93.4 cm³/mol. The van der Waals surface area contributed by atoms with E-state index in [-0.39, 0.29) is 17.3 Å². The molecule has 10 heteroatoms. The van der Waals surface area contributed by atoms with Gasteiger partial charge in [0.2, 0.25) is 5.91 Å². The molecule has 0 fully saturated rings. The van der Waals surface area contributed by atoms with Crippen LogP contribution in [-0.2, 0) is 4.79 Å². The van der Waals surface area contributed by atoms with Crippen LogP contribution >= 0.6 is 34.9 Å². The highest BCUT2D eigenvalue weighted by molar-refractivity contribution is 8.03. The van der Waals surface area contributed by atoms with E-state index in [9.17, 15) is 14.9 Å². The molecule has 0 spiro atoms. The van der Waals surface area contributed by atoms with Crippen LogP contribution in [0.4, 0.5) is 11.4 Å². The summed E-state index contributed by atoms with van der Waals surface area (Å²) in [7, 11) is 0. The highest BCUT2D eigenvalue weighted by Crippen LogP contribution is 2.32. The maximum atomic E-state index is 12.2. The largest absolute Gasteiger partial charge is 0.319 e. The van der Waals surface area contributed by atoms with Gasteiger partial charge in [-0.1, -0.05) is 53.9 Å². The predicted octanol–water partition coefficient (Wildman–Crippen LogP) is 3.68. The van der Waals surface area contributed by atoms with Crippen molar-refractivity contribution in [1.82, 2.24) is 10.2 Å². The number of nitro groups is 1. The molecule has 2 rings (SSSR count). The van der Waals surface area contributed by atoms with E-state index in [0.717, 1.165) is 10.1 Å². The lowest BCUT2D eigenvalue weighted by molar-refractivity contribution is -0.383. The Morgan fingerprint density at radius 1 is 1.39 bits per heavy atom. The van der Waals surface area contributed by atoms with E-state index in [2.05, 4.69) is 15.5 Å². The maximum absolute atomic E-state index is 12.2. The van der Waals surface area contributed by atoms with Crippen LogP contribution < -0.4 is 5.32 Å². The van der Waals surface area contributed by atoms with Gasteiger partial charge < -0.3 is 5.32 Å². The average Bonchev–Trinajstić information content (AvgIpc) is 2.95. The number of nitrogens with one attached hydrogen (secondary N) is 1. The Morgan fingerprint density at radius 3 is 2.78 bits per heavy atom. The lowest BCUT2D eigenvalue weighted by Gasteiger charge is -2.10. The van der Waals surface area contributed by atoms with Gasteiger partial charge in [-0.05, 0) is 18.7 Å². The number of para-hydroxylation sites is 2. The molecule has 1 atom stereocenters. The molecule has 0 aliphatic carbocycles. The molecular weight excluding hydrogens is 356 g/mol. The van der Waals surface area contributed by atoms with Gasteiger partial charge in [0.15, 0.2) is 8.68 Å². The van der Waals surface area contributed by atoms with Gasteiger partial charge in [-0.25, -0.2) is 0 Å². The van der Waals surface area contributed by atoms with Crippen molar-refractivity contribution in [1.29, 1.82) is 0 Å². The van der Waals surface area contributed by atoms with E-state index in [1.165, 1.54) is 35.2 Å². The van der Waals surface area contributed by atoms with Gasteiger partial charge in [-0.2, -0.15) is 0 Å². The van der Waals surface area contributed by atoms with Gasteiger partial charge in [-0.15, -0.1) is 10.2 Å². The van der Waals surface area contributed by atoms with E-state index in [0.29, 0.717) is 4.34 Å². The number of hydrogen-bond donors (Lipinski definition) is 1. The van der Waals surface area contributed by atoms with Crippen LogP contribution in [0, 0.1) is 10.1 Å². The summed E-state index contributed by atoms with van der Waals surface area (Å²) < 4.78 is 1.56. The van der Waals surface area contributed by atoms with Crippen molar-refractivity contribution in [2.45, 2.75) is 27.8 Å². The number of nitrogens with zero attached hydrogens (tertiary/aromatic N) is 3. The lowest BCUT2D eigenvalue weighted by Crippen LogP contribution is -2.22. The van der Waals surface area contributed by atoms with Crippen LogP contribution in [0.25, 0.3) is 0 Å². The van der Waals surface area contributed by atoms with Crippen molar-refractivity contribution >= 4 is 52.1 Å². The fourth-order valence-electron chi connectivity index (χ4n) is 1.60. The van der Waals surface area contributed by atoms with Crippen molar-refractivity contribution in [2.24, 2.45) is 0 Å². The maximum Gasteiger partial charge on any atom is 0.292 e. The minimum atomic E-state index is -0.521. The number of carbonyl (C=O) groups is 1. The van der Waals surface area contributed by atoms with Crippen LogP contribution in [0.1, 0.15) is 13.8 Å². The smallest absolute Gasteiger partial charge is 0.292 e. The number of rotatable bonds is 7. The summed E-state index contributed by atoms with van der Waals surface area (Å²) in [5, 5.41) is 21.2. The van der Waals surface area contributed by atoms with Crippen LogP contribution in [0.2, 0.25) is 0 Å². The molecule has 2 aromatic rings. The van der Waals surface area contributed by atoms with Crippen molar-refractivity contribution in [3.63, 3.8) is 0 Å². The van der Waals surface area contributed by atoms with Gasteiger partial charge in [0.05, 0.1) is 10.2 Å². The van der Waals surface area contributed by atoms with E-state index >= 15 is 0 Å². The van der Waals surface area contributed by atoms with Gasteiger partial charge in [0.25, 0.3) is 5.69 Å². The Morgan fingerprint density at radius 2 is 2.09 bits per heavy atom. The molecule has 0 aliphatic rings. The number of aromatic nitrogens is 2. The molecular formula is C13H14N4O3S3. The van der Waals surface area contributed by atoms with Crippen molar-refractivity contribution in [2.75, 3.05) is 11.1 Å². The van der Waals surface area contributed by atoms with Gasteiger partial charge >= 0.3 is 0 Å². The molecule has 7 nitrogen and oxygen atoms in total. The van der Waals surface area contributed by atoms with Crippen LogP contribution in [0.15, 0.2) is 32.9 Å². The van der Waals surface area contributed by atoms with Crippen LogP contribution in [0.5, 0.6) is 0 Å². The molecule has 0 unspecified atom stereocenters. The Bertz CT molecular complexity index is 707. The Hall–Kier alpha value is -1.65. The first kappa shape index (κ1) is 17.7. The summed E-state index contributed by atoms with van der Waals surface area (Å²) >= 11 is 4.31. The van der Waals surface area contributed by atoms with E-state index in [1.807, 2.05) is 6.92 Å². The highest BCUT2D eigenvalue weighted by atomic mass is 32.2. The molecule has 0 aliphatic heterocycles. The number of thioether (sulfide) groups is 2. The zero-order valence-electron chi connectivity index (χ0n) is 12.4. The summed E-state index contributed by atoms with van der Waals surface area (Å²) in [6.07, 6.45) is 0. The first-order chi connectivity index (χ1) is 11.0. The molecule has 0 bridgehead atoms. The highest BCUT2D eigenvalue weighted by Gasteiger charge is 2.21. The quantitative estimate of drug-likeness (QED) is 0.451. The summed E-state index contributed by atoms with van der Waals surface area (Å²) in [5.41, 5.74) is 0.0602. The second kappa shape index (κ2) is 8.27. The fourth-order valence-corrected chi connectivity index (χ4v) is 4.67. The SMILES string of the molecule is CCSc1nnc(S[C@H](C)C(=O)Nc2ccccc2[N+](=O)[O-])s1. The van der Waals surface area contributed by atoms with E-state index in [1.54, 1.807) is 30.8 Å². The number of carbonyl (C=O) groups excluding carboxylic acids is 1. The standard InChI is InChI=1S/C13H14N4O3S3/c1-3-21-12-15-16-13(23-12)22-8(2)11(18)14-9-6-4-5-7-10(9)17(19)20/h4-8H,3H2,1-2H3,(H,14,18)/t8-/m1/s1. The summed E-state index contributed by atoms with van der Waals surface area (Å²) in [6, 6.07) is 6.06. The fraction of sp³-hybridized carbons (Fsp3) is 0.308. The van der Waals surface area contributed by atoms with Crippen LogP contribution in [0.3, 0.4) is 0 Å². The summed E-state index contributed by atoms with van der Waals surface area (Å²) in [6.45, 7) is 3.75. The van der Waals surface area contributed by atoms with Crippen LogP contribution in [-0.4, -0.2) is 32.0 Å². The monoisotopic (exact) mass is 370 g/mol. The third kappa shape index (κ3) is 4.91. The summed E-state index contributed by atoms with van der Waals surface area (Å²) in [4.78, 5) is 22.7. The molecule has 1 aromatic carbocycles. The summed E-state index contributed by atoms with van der Waals surface area (Å²) in [5.74, 6) is 0.594. The molecule has 0 radical (unpaired) electrons. The van der Waals surface area contributed by atoms with Crippen molar-refractivity contribution in [3.05, 3.63) is 34.4 Å². The van der Waals surface area contributed by atoms with Gasteiger partial charge in [0.1, 0.15) is 5.69 Å². The lowest BCUT2D eigenvalue weighted by atomic mass is 10.2. The number of hydrogen-bond acceptors (Lipinski definition) is 8. The molecule has 23 heavy (non-hydrogen) atoms. The molecule has 0 saturated carbocycles. The molecule has 1 N–H and O–H groups in total. The molecule has 1 amide bonds. The minimum Gasteiger partial charge on any atom is -0.319 e. The number of anilines is 1. The Balaban J connectivity index is 2.01. The van der Waals surface area contributed by atoms with Gasteiger partial charge in [-0.3, -0.25) is 14.9 Å². The number of nitro benzene ring substituents is 1. The zero-order chi connectivity index (χ0) is 16.8. The average molecular weight is 370 g/mol. The Labute approximate surface area is 145 Å². The first-order valence-electron chi connectivity index (χ1n) is 6.68.